The van der Waals surface area contributed by atoms with Gasteiger partial charge in [-0.25, -0.2) is 0 Å². The average molecular weight is 622 g/mol. The Morgan fingerprint density at radius 3 is 1.69 bits per heavy atom. The Kier molecular flexibility index (Phi) is 5.77. The molecule has 0 fully saturated rings. The van der Waals surface area contributed by atoms with E-state index < -0.39 is 8.38 Å². The van der Waals surface area contributed by atoms with Crippen LogP contribution in [0.5, 0.6) is 11.5 Å². The third-order valence-electron chi connectivity index (χ3n) is 3.87. The van der Waals surface area contributed by atoms with Crippen LogP contribution in [-0.4, -0.2) is 0 Å². The van der Waals surface area contributed by atoms with Gasteiger partial charge in [-0.3, -0.25) is 0 Å². The van der Waals surface area contributed by atoms with E-state index in [2.05, 4.69) is 75.9 Å². The molecule has 0 radical (unpaired) electrons. The molecule has 3 aromatic carbocycles. The number of fused-ring (bicyclic) bond motifs is 2. The van der Waals surface area contributed by atoms with E-state index >= 15 is 0 Å². The van der Waals surface area contributed by atoms with Crippen LogP contribution in [0.3, 0.4) is 0 Å². The minimum atomic E-state index is -1.33. The number of hydrogen-bond acceptors (Lipinski definition) is 2. The molecule has 0 saturated heterocycles. The molecule has 3 aromatic rings. The highest BCUT2D eigenvalue weighted by Crippen LogP contribution is 2.50. The van der Waals surface area contributed by atoms with Crippen molar-refractivity contribution in [2.75, 3.05) is 0 Å². The van der Waals surface area contributed by atoms with Crippen LogP contribution in [0.4, 0.5) is 0 Å². The second-order valence-electron chi connectivity index (χ2n) is 5.70. The Morgan fingerprint density at radius 2 is 1.19 bits per heavy atom. The zero-order valence-electron chi connectivity index (χ0n) is 13.2. The minimum Gasteiger partial charge on any atom is -0.434 e. The predicted molar refractivity (Wildman–Crippen MR) is 121 cm³/mol. The van der Waals surface area contributed by atoms with E-state index in [1.807, 2.05) is 42.5 Å². The lowest BCUT2D eigenvalue weighted by molar-refractivity contribution is 0.485. The fraction of sp³-hybridized carbons (Fsp3) is 0.0526. The lowest BCUT2D eigenvalue weighted by Crippen LogP contribution is -2.14. The highest BCUT2D eigenvalue weighted by atomic mass is 79.9. The van der Waals surface area contributed by atoms with Crippen LogP contribution in [0.2, 0.25) is 0 Å². The minimum absolute atomic E-state index is 0.707. The molecule has 0 atom stereocenters. The zero-order chi connectivity index (χ0) is 18.3. The third kappa shape index (κ3) is 3.90. The standard InChI is InChI=1S/C19H11Br4O2P/c20-13-7-11-6-12-8-14(21)10-17(23)19(12)25-26(15-4-2-1-3-5-15)24-18(11)16(22)9-13/h1-5,7-10H,6H2. The van der Waals surface area contributed by atoms with E-state index in [1.165, 1.54) is 0 Å². The highest BCUT2D eigenvalue weighted by Gasteiger charge is 2.27. The van der Waals surface area contributed by atoms with Crippen molar-refractivity contribution in [1.82, 2.24) is 0 Å². The van der Waals surface area contributed by atoms with Crippen molar-refractivity contribution in [3.63, 3.8) is 0 Å². The smallest absolute Gasteiger partial charge is 0.326 e. The molecule has 1 heterocycles. The van der Waals surface area contributed by atoms with Crippen molar-refractivity contribution >= 4 is 77.4 Å². The van der Waals surface area contributed by atoms with Crippen molar-refractivity contribution in [2.45, 2.75) is 6.42 Å². The highest BCUT2D eigenvalue weighted by molar-refractivity contribution is 9.11. The van der Waals surface area contributed by atoms with Gasteiger partial charge < -0.3 is 9.05 Å². The van der Waals surface area contributed by atoms with Crippen LogP contribution >= 0.6 is 72.1 Å². The molecular formula is C19H11Br4O2P. The average Bonchev–Trinajstić information content (AvgIpc) is 2.58. The van der Waals surface area contributed by atoms with Crippen LogP contribution in [0.15, 0.2) is 72.5 Å². The fourth-order valence-electron chi connectivity index (χ4n) is 2.74. The van der Waals surface area contributed by atoms with Crippen molar-refractivity contribution in [3.8, 4) is 11.5 Å². The van der Waals surface area contributed by atoms with Gasteiger partial charge in [0.1, 0.15) is 11.5 Å². The first-order chi connectivity index (χ1) is 12.5. The molecule has 2 nitrogen and oxygen atoms in total. The Balaban J connectivity index is 1.92. The molecule has 0 N–H and O–H groups in total. The molecule has 0 aliphatic carbocycles. The number of rotatable bonds is 1. The summed E-state index contributed by atoms with van der Waals surface area (Å²) in [4.78, 5) is 0. The Bertz CT molecular complexity index is 920. The van der Waals surface area contributed by atoms with Gasteiger partial charge in [-0.05, 0) is 68.3 Å². The molecule has 0 aromatic heterocycles. The second-order valence-corrected chi connectivity index (χ2v) is 10.6. The van der Waals surface area contributed by atoms with Gasteiger partial charge in [0.05, 0.1) is 14.2 Å². The van der Waals surface area contributed by atoms with Gasteiger partial charge in [0.25, 0.3) is 0 Å². The van der Waals surface area contributed by atoms with Gasteiger partial charge in [-0.2, -0.15) is 0 Å². The Labute approximate surface area is 186 Å². The lowest BCUT2D eigenvalue weighted by atomic mass is 10.0. The first kappa shape index (κ1) is 18.9. The largest absolute Gasteiger partial charge is 0.434 e. The summed E-state index contributed by atoms with van der Waals surface area (Å²) in [5.74, 6) is 1.65. The molecule has 1 aliphatic heterocycles. The Hall–Kier alpha value is -0.390. The predicted octanol–water partition coefficient (Wildman–Crippen LogP) is 7.74. The molecule has 1 aliphatic rings. The SMILES string of the molecule is Brc1cc(Br)c2c(c1)Cc1cc(Br)cc(Br)c1OP(c1ccccc1)O2. The van der Waals surface area contributed by atoms with Gasteiger partial charge in [0.15, 0.2) is 0 Å². The summed E-state index contributed by atoms with van der Waals surface area (Å²) in [5, 5.41) is 1.02. The molecule has 26 heavy (non-hydrogen) atoms. The molecule has 7 heteroatoms. The summed E-state index contributed by atoms with van der Waals surface area (Å²) in [6, 6.07) is 18.2. The normalized spacial score (nSPS) is 13.7. The van der Waals surface area contributed by atoms with Gasteiger partial charge >= 0.3 is 8.38 Å². The molecule has 0 bridgehead atoms. The van der Waals surface area contributed by atoms with Crippen molar-refractivity contribution < 1.29 is 9.05 Å². The topological polar surface area (TPSA) is 18.5 Å². The quantitative estimate of drug-likeness (QED) is 0.259. The summed E-state index contributed by atoms with van der Waals surface area (Å²) in [7, 11) is -1.33. The summed E-state index contributed by atoms with van der Waals surface area (Å²) >= 11 is 14.5. The van der Waals surface area contributed by atoms with Crippen LogP contribution in [0.1, 0.15) is 11.1 Å². The molecular weight excluding hydrogens is 611 g/mol. The van der Waals surface area contributed by atoms with Gasteiger partial charge in [-0.1, -0.05) is 50.1 Å². The number of hydrogen-bond donors (Lipinski definition) is 0. The second kappa shape index (κ2) is 7.92. The van der Waals surface area contributed by atoms with E-state index in [0.717, 1.165) is 45.8 Å². The zero-order valence-corrected chi connectivity index (χ0v) is 20.4. The molecule has 0 spiro atoms. The van der Waals surface area contributed by atoms with Crippen LogP contribution in [0.25, 0.3) is 0 Å². The monoisotopic (exact) mass is 618 g/mol. The number of halogens is 4. The van der Waals surface area contributed by atoms with Crippen molar-refractivity contribution in [1.29, 1.82) is 0 Å². The maximum atomic E-state index is 6.39. The van der Waals surface area contributed by atoms with Crippen LogP contribution in [0, 0.1) is 0 Å². The summed E-state index contributed by atoms with van der Waals surface area (Å²) < 4.78 is 16.6. The lowest BCUT2D eigenvalue weighted by Gasteiger charge is -2.26. The van der Waals surface area contributed by atoms with Gasteiger partial charge in [-0.15, -0.1) is 0 Å². The van der Waals surface area contributed by atoms with Crippen LogP contribution < -0.4 is 14.4 Å². The molecule has 0 saturated carbocycles. The third-order valence-corrected chi connectivity index (χ3v) is 7.38. The Morgan fingerprint density at radius 1 is 0.692 bits per heavy atom. The van der Waals surface area contributed by atoms with E-state index in [0.29, 0.717) is 6.42 Å². The summed E-state index contributed by atoms with van der Waals surface area (Å²) in [5.41, 5.74) is 2.20. The van der Waals surface area contributed by atoms with E-state index in [-0.39, 0.29) is 0 Å². The molecule has 4 rings (SSSR count). The van der Waals surface area contributed by atoms with Crippen LogP contribution in [-0.2, 0) is 6.42 Å². The van der Waals surface area contributed by atoms with E-state index in [4.69, 9.17) is 9.05 Å². The first-order valence-electron chi connectivity index (χ1n) is 7.68. The maximum Gasteiger partial charge on any atom is 0.326 e. The maximum absolute atomic E-state index is 6.39. The molecule has 132 valence electrons. The fourth-order valence-corrected chi connectivity index (χ4v) is 7.21. The summed E-state index contributed by atoms with van der Waals surface area (Å²) in [6.45, 7) is 0. The van der Waals surface area contributed by atoms with Gasteiger partial charge in [0.2, 0.25) is 0 Å². The van der Waals surface area contributed by atoms with Crippen molar-refractivity contribution in [2.24, 2.45) is 0 Å². The summed E-state index contributed by atoms with van der Waals surface area (Å²) in [6.07, 6.45) is 0.707. The van der Waals surface area contributed by atoms with Gasteiger partial charge in [0, 0.05) is 26.5 Å². The number of benzene rings is 3. The molecule has 0 amide bonds. The van der Waals surface area contributed by atoms with E-state index in [9.17, 15) is 0 Å². The molecule has 0 unspecified atom stereocenters. The van der Waals surface area contributed by atoms with E-state index in [1.54, 1.807) is 0 Å². The first-order valence-corrected chi connectivity index (χ1v) is 12.0. The van der Waals surface area contributed by atoms with Crippen molar-refractivity contribution in [3.05, 3.63) is 83.6 Å².